The van der Waals surface area contributed by atoms with E-state index in [4.69, 9.17) is 28.4 Å². The fraction of sp³-hybridized carbons (Fsp3) is 0.367. The molecule has 10 heteroatoms. The molecule has 0 radical (unpaired) electrons. The number of methoxy groups -OCH3 is 6. The van der Waals surface area contributed by atoms with Gasteiger partial charge in [0.15, 0.2) is 17.3 Å². The Morgan fingerprint density at radius 1 is 0.825 bits per heavy atom. The molecule has 2 aliphatic rings. The summed E-state index contributed by atoms with van der Waals surface area (Å²) in [7, 11) is 8.55. The molecule has 40 heavy (non-hydrogen) atoms. The third kappa shape index (κ3) is 4.85. The van der Waals surface area contributed by atoms with E-state index in [1.54, 1.807) is 38.3 Å². The molecule has 0 spiro atoms. The average molecular weight is 552 g/mol. The number of nitrogens with one attached hydrogen (secondary N) is 1. The van der Waals surface area contributed by atoms with E-state index in [0.29, 0.717) is 46.4 Å². The van der Waals surface area contributed by atoms with Crippen LogP contribution in [0.25, 0.3) is 0 Å². The number of Topliss-reactive ketones (excluding diaryl/α,β-unsaturated/α-hetero) is 1. The van der Waals surface area contributed by atoms with Crippen LogP contribution in [0.3, 0.4) is 0 Å². The molecule has 0 bridgehead atoms. The van der Waals surface area contributed by atoms with Crippen molar-refractivity contribution < 1.29 is 42.8 Å². The number of hydrogen-bond donors (Lipinski definition) is 1. The highest BCUT2D eigenvalue weighted by Gasteiger charge is 2.49. The van der Waals surface area contributed by atoms with Crippen molar-refractivity contribution in [1.82, 2.24) is 5.32 Å². The monoisotopic (exact) mass is 551 g/mol. The molecule has 212 valence electrons. The Bertz CT molecular complexity index is 1370. The summed E-state index contributed by atoms with van der Waals surface area (Å²) in [5.74, 6) is -2.54. The first-order valence-electron chi connectivity index (χ1n) is 12.6. The highest BCUT2D eigenvalue weighted by Crippen LogP contribution is 2.50. The predicted molar refractivity (Wildman–Crippen MR) is 145 cm³/mol. The van der Waals surface area contributed by atoms with Gasteiger partial charge in [0.2, 0.25) is 5.75 Å². The van der Waals surface area contributed by atoms with E-state index in [1.807, 2.05) is 12.1 Å². The summed E-state index contributed by atoms with van der Waals surface area (Å²) in [5, 5.41) is 3.27. The quantitative estimate of drug-likeness (QED) is 0.385. The van der Waals surface area contributed by atoms with Gasteiger partial charge in [-0.1, -0.05) is 12.1 Å². The van der Waals surface area contributed by atoms with E-state index < -0.39 is 35.5 Å². The SMILES string of the molecule is COC(=O)C1=C(C)NC2=C(C(=O)C(C(=O)OC)C(c3ccc(OC)cc3)C2)C1c1cc(OC)c(OC)c(OC)c1. The normalized spacial score (nSPS) is 20.3. The molecule has 0 saturated heterocycles. The minimum atomic E-state index is -1.14. The molecule has 0 aromatic heterocycles. The lowest BCUT2D eigenvalue weighted by molar-refractivity contribution is -0.150. The number of esters is 2. The van der Waals surface area contributed by atoms with Crippen molar-refractivity contribution >= 4 is 17.7 Å². The van der Waals surface area contributed by atoms with Crippen molar-refractivity contribution in [2.45, 2.75) is 25.2 Å². The van der Waals surface area contributed by atoms with Crippen LogP contribution in [0.1, 0.15) is 36.3 Å². The number of carbonyl (C=O) groups excluding carboxylic acids is 3. The van der Waals surface area contributed by atoms with Crippen molar-refractivity contribution in [3.05, 3.63) is 70.1 Å². The van der Waals surface area contributed by atoms with Gasteiger partial charge in [-0.25, -0.2) is 4.79 Å². The highest BCUT2D eigenvalue weighted by molar-refractivity contribution is 6.13. The van der Waals surface area contributed by atoms with Crippen LogP contribution in [-0.2, 0) is 23.9 Å². The Morgan fingerprint density at radius 2 is 1.45 bits per heavy atom. The van der Waals surface area contributed by atoms with E-state index >= 15 is 0 Å². The van der Waals surface area contributed by atoms with Gasteiger partial charge in [0.25, 0.3) is 0 Å². The molecule has 2 aromatic carbocycles. The molecule has 2 aromatic rings. The van der Waals surface area contributed by atoms with Gasteiger partial charge < -0.3 is 33.7 Å². The standard InChI is InChI=1S/C30H33NO9/c1-15-23(29(33)39-6)24(17-12-21(36-3)28(38-5)22(13-17)37-4)26-20(31-15)14-19(25(27(26)32)30(34)40-7)16-8-10-18(35-2)11-9-16/h8-13,19,24-25,31H,14H2,1-7H3. The number of ether oxygens (including phenoxy) is 6. The molecule has 3 unspecified atom stereocenters. The smallest absolute Gasteiger partial charge is 0.336 e. The van der Waals surface area contributed by atoms with Crippen LogP contribution >= 0.6 is 0 Å². The van der Waals surface area contributed by atoms with E-state index in [2.05, 4.69) is 5.32 Å². The van der Waals surface area contributed by atoms with Gasteiger partial charge in [-0.05, 0) is 48.7 Å². The molecule has 0 saturated carbocycles. The number of rotatable bonds is 8. The molecule has 10 nitrogen and oxygen atoms in total. The van der Waals surface area contributed by atoms with E-state index in [0.717, 1.165) is 5.56 Å². The summed E-state index contributed by atoms with van der Waals surface area (Å²) in [6.45, 7) is 1.75. The molecule has 4 rings (SSSR count). The second-order valence-corrected chi connectivity index (χ2v) is 9.39. The van der Waals surface area contributed by atoms with Gasteiger partial charge in [-0.2, -0.15) is 0 Å². The summed E-state index contributed by atoms with van der Waals surface area (Å²) in [4.78, 5) is 40.7. The average Bonchev–Trinajstić information content (AvgIpc) is 2.98. The molecule has 3 atom stereocenters. The molecule has 1 aliphatic heterocycles. The van der Waals surface area contributed by atoms with Gasteiger partial charge in [0.05, 0.1) is 48.2 Å². The second kappa shape index (κ2) is 11.7. The Hall–Kier alpha value is -4.47. The Balaban J connectivity index is 1.96. The van der Waals surface area contributed by atoms with Gasteiger partial charge in [0, 0.05) is 28.8 Å². The lowest BCUT2D eigenvalue weighted by Gasteiger charge is -2.39. The van der Waals surface area contributed by atoms with Crippen LogP contribution in [0.15, 0.2) is 58.9 Å². The first-order chi connectivity index (χ1) is 19.2. The van der Waals surface area contributed by atoms with E-state index in [9.17, 15) is 14.4 Å². The fourth-order valence-electron chi connectivity index (χ4n) is 5.58. The number of carbonyl (C=O) groups is 3. The third-order valence-electron chi connectivity index (χ3n) is 7.44. The molecule has 1 heterocycles. The first kappa shape index (κ1) is 28.5. The maximum atomic E-state index is 14.4. The maximum absolute atomic E-state index is 14.4. The fourth-order valence-corrected chi connectivity index (χ4v) is 5.58. The number of allylic oxidation sites excluding steroid dienone is 3. The molecular formula is C30H33NO9. The van der Waals surface area contributed by atoms with Crippen LogP contribution < -0.4 is 24.3 Å². The summed E-state index contributed by atoms with van der Waals surface area (Å²) in [5.41, 5.74) is 2.96. The predicted octanol–water partition coefficient (Wildman–Crippen LogP) is 3.65. The van der Waals surface area contributed by atoms with Crippen molar-refractivity contribution in [3.63, 3.8) is 0 Å². The summed E-state index contributed by atoms with van der Waals surface area (Å²) < 4.78 is 32.1. The van der Waals surface area contributed by atoms with Crippen molar-refractivity contribution in [2.24, 2.45) is 5.92 Å². The summed E-state index contributed by atoms with van der Waals surface area (Å²) in [6.07, 6.45) is 0.319. The van der Waals surface area contributed by atoms with Gasteiger partial charge in [-0.3, -0.25) is 9.59 Å². The molecule has 0 amide bonds. The van der Waals surface area contributed by atoms with Crippen LogP contribution in [0, 0.1) is 5.92 Å². The van der Waals surface area contributed by atoms with Crippen LogP contribution in [0.5, 0.6) is 23.0 Å². The summed E-state index contributed by atoms with van der Waals surface area (Å²) in [6, 6.07) is 10.6. The molecule has 0 fully saturated rings. The zero-order chi connectivity index (χ0) is 29.1. The van der Waals surface area contributed by atoms with E-state index in [1.165, 1.54) is 35.5 Å². The molecular weight excluding hydrogens is 518 g/mol. The Kier molecular flexibility index (Phi) is 8.37. The number of dihydropyridines is 1. The minimum Gasteiger partial charge on any atom is -0.497 e. The number of ketones is 1. The number of benzene rings is 2. The Morgan fingerprint density at radius 3 is 1.95 bits per heavy atom. The lowest BCUT2D eigenvalue weighted by atomic mass is 9.67. The maximum Gasteiger partial charge on any atom is 0.336 e. The first-order valence-corrected chi connectivity index (χ1v) is 12.6. The van der Waals surface area contributed by atoms with Gasteiger partial charge >= 0.3 is 11.9 Å². The zero-order valence-corrected chi connectivity index (χ0v) is 23.6. The third-order valence-corrected chi connectivity index (χ3v) is 7.44. The second-order valence-electron chi connectivity index (χ2n) is 9.39. The lowest BCUT2D eigenvalue weighted by Crippen LogP contribution is -2.43. The van der Waals surface area contributed by atoms with Crippen molar-refractivity contribution in [1.29, 1.82) is 0 Å². The highest BCUT2D eigenvalue weighted by atomic mass is 16.5. The molecule has 1 aliphatic carbocycles. The summed E-state index contributed by atoms with van der Waals surface area (Å²) >= 11 is 0. The van der Waals surface area contributed by atoms with Crippen LogP contribution in [0.2, 0.25) is 0 Å². The van der Waals surface area contributed by atoms with Crippen LogP contribution in [0.4, 0.5) is 0 Å². The molecule has 1 N–H and O–H groups in total. The van der Waals surface area contributed by atoms with Gasteiger partial charge in [0.1, 0.15) is 11.7 Å². The zero-order valence-electron chi connectivity index (χ0n) is 23.6. The largest absolute Gasteiger partial charge is 0.497 e. The van der Waals surface area contributed by atoms with E-state index in [-0.39, 0.29) is 11.1 Å². The Labute approximate surface area is 232 Å². The van der Waals surface area contributed by atoms with Crippen LogP contribution in [-0.4, -0.2) is 60.4 Å². The number of hydrogen-bond acceptors (Lipinski definition) is 10. The van der Waals surface area contributed by atoms with Crippen molar-refractivity contribution in [3.8, 4) is 23.0 Å². The topological polar surface area (TPSA) is 119 Å². The van der Waals surface area contributed by atoms with Gasteiger partial charge in [-0.15, -0.1) is 0 Å². The van der Waals surface area contributed by atoms with Crippen molar-refractivity contribution in [2.75, 3.05) is 42.7 Å². The minimum absolute atomic E-state index is 0.232.